The standard InChI is InChI=1S/C14H9FN2OS/c15-11-7-5-10(6-8-11)9-16-17-14(18)12-3-1-2-4-13(12)19-17/h1-9H/b16-9+. The fourth-order valence-corrected chi connectivity index (χ4v) is 2.56. The van der Waals surface area contributed by atoms with Crippen LogP contribution in [0.2, 0.25) is 0 Å². The first-order valence-corrected chi connectivity index (χ1v) is 6.42. The van der Waals surface area contributed by atoms with Crippen LogP contribution in [0.1, 0.15) is 5.56 Å². The lowest BCUT2D eigenvalue weighted by Crippen LogP contribution is -2.08. The van der Waals surface area contributed by atoms with E-state index in [0.717, 1.165) is 10.3 Å². The van der Waals surface area contributed by atoms with Crippen LogP contribution in [0.25, 0.3) is 10.1 Å². The molecule has 0 amide bonds. The number of fused-ring (bicyclic) bond motifs is 1. The molecule has 3 rings (SSSR count). The molecule has 1 heterocycles. The molecule has 0 atom stereocenters. The highest BCUT2D eigenvalue weighted by Crippen LogP contribution is 2.15. The smallest absolute Gasteiger partial charge is 0.266 e. The lowest BCUT2D eigenvalue weighted by Gasteiger charge is -1.92. The largest absolute Gasteiger partial charge is 0.289 e. The summed E-state index contributed by atoms with van der Waals surface area (Å²) in [7, 11) is 0. The predicted molar refractivity (Wildman–Crippen MR) is 75.5 cm³/mol. The first kappa shape index (κ1) is 11.8. The van der Waals surface area contributed by atoms with Gasteiger partial charge in [0.15, 0.2) is 0 Å². The van der Waals surface area contributed by atoms with Crippen LogP contribution in [0, 0.1) is 5.82 Å². The molecule has 0 spiro atoms. The summed E-state index contributed by atoms with van der Waals surface area (Å²) in [6, 6.07) is 13.3. The maximum absolute atomic E-state index is 12.8. The average Bonchev–Trinajstić information content (AvgIpc) is 2.76. The third-order valence-corrected chi connectivity index (χ3v) is 3.64. The van der Waals surface area contributed by atoms with Gasteiger partial charge < -0.3 is 0 Å². The van der Waals surface area contributed by atoms with E-state index in [2.05, 4.69) is 5.10 Å². The molecule has 1 aromatic heterocycles. The number of aromatic nitrogens is 1. The molecule has 94 valence electrons. The van der Waals surface area contributed by atoms with Crippen molar-refractivity contribution in [3.8, 4) is 0 Å². The van der Waals surface area contributed by atoms with Gasteiger partial charge in [-0.2, -0.15) is 5.10 Å². The summed E-state index contributed by atoms with van der Waals surface area (Å²) < 4.78 is 15.0. The summed E-state index contributed by atoms with van der Waals surface area (Å²) in [6.07, 6.45) is 1.54. The average molecular weight is 272 g/mol. The Bertz CT molecular complexity index is 802. The van der Waals surface area contributed by atoms with Crippen LogP contribution in [0.4, 0.5) is 4.39 Å². The normalized spacial score (nSPS) is 11.4. The third-order valence-electron chi connectivity index (χ3n) is 2.66. The maximum atomic E-state index is 12.8. The number of benzene rings is 2. The maximum Gasteiger partial charge on any atom is 0.289 e. The van der Waals surface area contributed by atoms with Crippen molar-refractivity contribution in [3.63, 3.8) is 0 Å². The van der Waals surface area contributed by atoms with Gasteiger partial charge in [0.25, 0.3) is 5.56 Å². The molecule has 0 radical (unpaired) electrons. The molecular weight excluding hydrogens is 263 g/mol. The summed E-state index contributed by atoms with van der Waals surface area (Å²) in [4.78, 5) is 12.0. The Morgan fingerprint density at radius 2 is 1.84 bits per heavy atom. The van der Waals surface area contributed by atoms with E-state index in [-0.39, 0.29) is 11.4 Å². The van der Waals surface area contributed by atoms with Crippen molar-refractivity contribution < 1.29 is 4.39 Å². The van der Waals surface area contributed by atoms with E-state index in [1.165, 1.54) is 33.9 Å². The molecule has 0 aliphatic carbocycles. The van der Waals surface area contributed by atoms with Gasteiger partial charge in [-0.05, 0) is 41.4 Å². The van der Waals surface area contributed by atoms with Crippen molar-refractivity contribution in [2.45, 2.75) is 0 Å². The van der Waals surface area contributed by atoms with Crippen molar-refractivity contribution in [3.05, 3.63) is 70.3 Å². The van der Waals surface area contributed by atoms with Gasteiger partial charge in [0, 0.05) is 0 Å². The summed E-state index contributed by atoms with van der Waals surface area (Å²) in [5.74, 6) is -0.295. The first-order chi connectivity index (χ1) is 9.24. The van der Waals surface area contributed by atoms with Crippen LogP contribution < -0.4 is 5.56 Å². The van der Waals surface area contributed by atoms with Gasteiger partial charge in [-0.25, -0.2) is 4.39 Å². The fraction of sp³-hybridized carbons (Fsp3) is 0. The van der Waals surface area contributed by atoms with Gasteiger partial charge in [-0.15, -0.1) is 4.07 Å². The van der Waals surface area contributed by atoms with Gasteiger partial charge >= 0.3 is 0 Å². The topological polar surface area (TPSA) is 34.4 Å². The van der Waals surface area contributed by atoms with Crippen molar-refractivity contribution in [1.29, 1.82) is 0 Å². The number of hydrogen-bond donors (Lipinski definition) is 0. The SMILES string of the molecule is O=c1c2ccccc2sn1/N=C/c1ccc(F)cc1. The Morgan fingerprint density at radius 1 is 1.11 bits per heavy atom. The molecule has 0 bridgehead atoms. The second-order valence-electron chi connectivity index (χ2n) is 3.96. The predicted octanol–water partition coefficient (Wildman–Crippen LogP) is 3.08. The van der Waals surface area contributed by atoms with Gasteiger partial charge in [0.2, 0.25) is 0 Å². The van der Waals surface area contributed by atoms with E-state index >= 15 is 0 Å². The Hall–Kier alpha value is -2.27. The summed E-state index contributed by atoms with van der Waals surface area (Å²) >= 11 is 1.28. The third kappa shape index (κ3) is 2.32. The van der Waals surface area contributed by atoms with Crippen molar-refractivity contribution in [1.82, 2.24) is 4.07 Å². The molecule has 3 nitrogen and oxygen atoms in total. The van der Waals surface area contributed by atoms with Crippen LogP contribution in [0.3, 0.4) is 0 Å². The van der Waals surface area contributed by atoms with Crippen LogP contribution in [-0.2, 0) is 0 Å². The molecule has 3 aromatic rings. The lowest BCUT2D eigenvalue weighted by atomic mass is 10.2. The van der Waals surface area contributed by atoms with Crippen LogP contribution >= 0.6 is 11.5 Å². The number of nitrogens with zero attached hydrogens (tertiary/aromatic N) is 2. The Balaban J connectivity index is 1.99. The molecule has 0 saturated heterocycles. The first-order valence-electron chi connectivity index (χ1n) is 5.65. The highest BCUT2D eigenvalue weighted by molar-refractivity contribution is 7.13. The Morgan fingerprint density at radius 3 is 2.58 bits per heavy atom. The van der Waals surface area contributed by atoms with E-state index in [1.54, 1.807) is 18.2 Å². The van der Waals surface area contributed by atoms with Gasteiger partial charge in [-0.1, -0.05) is 24.3 Å². The monoisotopic (exact) mass is 272 g/mol. The summed E-state index contributed by atoms with van der Waals surface area (Å²) in [5.41, 5.74) is 0.602. The second kappa shape index (κ2) is 4.78. The van der Waals surface area contributed by atoms with Gasteiger partial charge in [0.05, 0.1) is 16.3 Å². The van der Waals surface area contributed by atoms with E-state index in [0.29, 0.717) is 5.39 Å². The van der Waals surface area contributed by atoms with E-state index in [4.69, 9.17) is 0 Å². The van der Waals surface area contributed by atoms with Crippen molar-refractivity contribution in [2.75, 3.05) is 0 Å². The van der Waals surface area contributed by atoms with Crippen molar-refractivity contribution in [2.24, 2.45) is 5.10 Å². The molecule has 0 aliphatic heterocycles. The van der Waals surface area contributed by atoms with Gasteiger partial charge in [-0.3, -0.25) is 4.79 Å². The minimum absolute atomic E-state index is 0.140. The zero-order chi connectivity index (χ0) is 13.2. The minimum atomic E-state index is -0.295. The molecule has 0 N–H and O–H groups in total. The molecular formula is C14H9FN2OS. The molecule has 0 fully saturated rings. The quantitative estimate of drug-likeness (QED) is 0.660. The molecule has 0 unspecified atom stereocenters. The van der Waals surface area contributed by atoms with Crippen LogP contribution in [-0.4, -0.2) is 10.3 Å². The molecule has 0 saturated carbocycles. The van der Waals surface area contributed by atoms with Crippen molar-refractivity contribution >= 4 is 27.8 Å². The molecule has 19 heavy (non-hydrogen) atoms. The van der Waals surface area contributed by atoms with E-state index < -0.39 is 0 Å². The second-order valence-corrected chi connectivity index (χ2v) is 4.93. The van der Waals surface area contributed by atoms with Crippen LogP contribution in [0.15, 0.2) is 58.4 Å². The van der Waals surface area contributed by atoms with Gasteiger partial charge in [0.1, 0.15) is 5.82 Å². The lowest BCUT2D eigenvalue weighted by molar-refractivity contribution is 0.628. The number of rotatable bonds is 2. The highest BCUT2D eigenvalue weighted by Gasteiger charge is 2.04. The van der Waals surface area contributed by atoms with E-state index in [9.17, 15) is 9.18 Å². The number of hydrogen-bond acceptors (Lipinski definition) is 3. The van der Waals surface area contributed by atoms with Crippen LogP contribution in [0.5, 0.6) is 0 Å². The molecule has 5 heteroatoms. The molecule has 0 aliphatic rings. The highest BCUT2D eigenvalue weighted by atomic mass is 32.1. The molecule has 2 aromatic carbocycles. The Labute approximate surface area is 112 Å². The zero-order valence-electron chi connectivity index (χ0n) is 9.79. The number of halogens is 1. The fourth-order valence-electron chi connectivity index (χ4n) is 1.70. The Kier molecular flexibility index (Phi) is 2.97. The summed E-state index contributed by atoms with van der Waals surface area (Å²) in [6.45, 7) is 0. The zero-order valence-corrected chi connectivity index (χ0v) is 10.6. The minimum Gasteiger partial charge on any atom is -0.266 e. The van der Waals surface area contributed by atoms with E-state index in [1.807, 2.05) is 18.2 Å². The summed E-state index contributed by atoms with van der Waals surface area (Å²) in [5, 5.41) is 4.77.